The number of hydrogen-bond donors (Lipinski definition) is 1. The highest BCUT2D eigenvalue weighted by Crippen LogP contribution is 2.41. The highest BCUT2D eigenvalue weighted by Gasteiger charge is 2.25. The van der Waals surface area contributed by atoms with Gasteiger partial charge in [-0.25, -0.2) is 0 Å². The molecule has 112 valence electrons. The van der Waals surface area contributed by atoms with Crippen LogP contribution in [0.15, 0.2) is 24.5 Å². The molecule has 0 aromatic carbocycles. The van der Waals surface area contributed by atoms with E-state index in [4.69, 9.17) is 0 Å². The van der Waals surface area contributed by atoms with Crippen LogP contribution in [-0.4, -0.2) is 15.8 Å². The van der Waals surface area contributed by atoms with E-state index in [0.717, 1.165) is 27.7 Å². The number of rotatable bonds is 5. The predicted octanol–water partition coefficient (Wildman–Crippen LogP) is 1.89. The Labute approximate surface area is 133 Å². The van der Waals surface area contributed by atoms with Gasteiger partial charge in [-0.1, -0.05) is 6.58 Å². The van der Waals surface area contributed by atoms with Crippen molar-refractivity contribution in [3.05, 3.63) is 57.5 Å². The lowest BCUT2D eigenvalue weighted by atomic mass is 10.1. The van der Waals surface area contributed by atoms with E-state index in [1.807, 2.05) is 18.5 Å². The van der Waals surface area contributed by atoms with Crippen LogP contribution in [0.5, 0.6) is 0 Å². The first-order valence-corrected chi connectivity index (χ1v) is 8.10. The van der Waals surface area contributed by atoms with E-state index in [9.17, 15) is 0 Å². The lowest BCUT2D eigenvalue weighted by Gasteiger charge is -2.07. The van der Waals surface area contributed by atoms with E-state index in [2.05, 4.69) is 43.7 Å². The first kappa shape index (κ1) is 14.9. The molecule has 22 heavy (non-hydrogen) atoms. The smallest absolute Gasteiger partial charge is 0.0762 e. The minimum Gasteiger partial charge on any atom is -0.385 e. The monoisotopic (exact) mass is 309 g/mol. The molecular formula is C18H20N3P. The Kier molecular flexibility index (Phi) is 4.35. The van der Waals surface area contributed by atoms with Crippen molar-refractivity contribution in [2.75, 3.05) is 0 Å². The van der Waals surface area contributed by atoms with Gasteiger partial charge in [0.05, 0.1) is 17.9 Å². The molecule has 1 N–H and O–H groups in total. The van der Waals surface area contributed by atoms with Crippen LogP contribution in [0.4, 0.5) is 0 Å². The number of nitrogens with one attached hydrogen (secondary N) is 1. The van der Waals surface area contributed by atoms with Crippen LogP contribution in [0.1, 0.15) is 41.3 Å². The quantitative estimate of drug-likeness (QED) is 0.857. The van der Waals surface area contributed by atoms with Crippen molar-refractivity contribution in [2.24, 2.45) is 0 Å². The zero-order valence-corrected chi connectivity index (χ0v) is 13.8. The molecule has 0 spiro atoms. The summed E-state index contributed by atoms with van der Waals surface area (Å²) in [4.78, 5) is 8.87. The molecule has 0 amide bonds. The topological polar surface area (TPSA) is 37.8 Å². The van der Waals surface area contributed by atoms with Crippen LogP contribution in [0.2, 0.25) is 0 Å². The van der Waals surface area contributed by atoms with Crippen LogP contribution in [-0.2, 0) is 6.54 Å². The molecule has 3 nitrogen and oxygen atoms in total. The Hall–Kier alpha value is -1.99. The van der Waals surface area contributed by atoms with Crippen molar-refractivity contribution in [3.63, 3.8) is 0 Å². The Bertz CT molecular complexity index is 810. The van der Waals surface area contributed by atoms with Gasteiger partial charge in [-0.3, -0.25) is 9.97 Å². The number of nitrogens with zero attached hydrogens (tertiary/aromatic N) is 2. The SMILES string of the molecule is C=c1ccnc(C=P)/c1=C/NCc1cc(C)c(C2CC2)cn1. The average molecular weight is 309 g/mol. The van der Waals surface area contributed by atoms with Crippen LogP contribution >= 0.6 is 8.86 Å². The molecule has 0 bridgehead atoms. The maximum Gasteiger partial charge on any atom is 0.0762 e. The van der Waals surface area contributed by atoms with E-state index in [0.29, 0.717) is 6.54 Å². The van der Waals surface area contributed by atoms with Crippen LogP contribution < -0.4 is 15.8 Å². The van der Waals surface area contributed by atoms with Crippen molar-refractivity contribution in [1.29, 1.82) is 0 Å². The van der Waals surface area contributed by atoms with Gasteiger partial charge >= 0.3 is 0 Å². The summed E-state index contributed by atoms with van der Waals surface area (Å²) in [5, 5.41) is 5.25. The summed E-state index contributed by atoms with van der Waals surface area (Å²) < 4.78 is 0. The molecule has 1 aliphatic carbocycles. The fourth-order valence-corrected chi connectivity index (χ4v) is 2.84. The molecule has 4 heteroatoms. The summed E-state index contributed by atoms with van der Waals surface area (Å²) in [7, 11) is 3.39. The van der Waals surface area contributed by atoms with Crippen LogP contribution in [0, 0.1) is 6.92 Å². The molecule has 2 heterocycles. The van der Waals surface area contributed by atoms with Gasteiger partial charge in [0.1, 0.15) is 0 Å². The fourth-order valence-electron chi connectivity index (χ4n) is 2.61. The minimum absolute atomic E-state index is 0.696. The predicted molar refractivity (Wildman–Crippen MR) is 94.7 cm³/mol. The van der Waals surface area contributed by atoms with Crippen molar-refractivity contribution < 1.29 is 0 Å². The number of pyridine rings is 2. The summed E-state index contributed by atoms with van der Waals surface area (Å²) in [6, 6.07) is 4.08. The second kappa shape index (κ2) is 6.41. The summed E-state index contributed by atoms with van der Waals surface area (Å²) in [5.41, 5.74) is 4.68. The number of hydrogen-bond acceptors (Lipinski definition) is 3. The molecule has 0 atom stereocenters. The first-order valence-electron chi connectivity index (χ1n) is 7.52. The summed E-state index contributed by atoms with van der Waals surface area (Å²) in [6.07, 6.45) is 8.37. The van der Waals surface area contributed by atoms with Gasteiger partial charge in [-0.15, -0.1) is 8.86 Å². The molecule has 2 aromatic rings. The van der Waals surface area contributed by atoms with Crippen LogP contribution in [0.3, 0.4) is 0 Å². The third-order valence-electron chi connectivity index (χ3n) is 4.00. The van der Waals surface area contributed by atoms with Gasteiger partial charge < -0.3 is 5.32 Å². The maximum atomic E-state index is 4.57. The second-order valence-electron chi connectivity index (χ2n) is 5.75. The zero-order chi connectivity index (χ0) is 15.5. The molecule has 1 aliphatic rings. The van der Waals surface area contributed by atoms with Gasteiger partial charge in [0.2, 0.25) is 0 Å². The standard InChI is InChI=1S/C18H20N3P/c1-12-5-6-20-18(11-22)17(12)9-19-8-15-7-13(2)16(10-21-15)14-3-4-14/h5-7,9-11,14,19,22H,1,3-4,8H2,2H3/b17-9+. The van der Waals surface area contributed by atoms with Gasteiger partial charge in [0.25, 0.3) is 0 Å². The lowest BCUT2D eigenvalue weighted by Crippen LogP contribution is -2.30. The Morgan fingerprint density at radius 3 is 2.91 bits per heavy atom. The molecule has 2 aromatic heterocycles. The van der Waals surface area contributed by atoms with Gasteiger partial charge in [0.15, 0.2) is 0 Å². The molecule has 1 fully saturated rings. The molecule has 0 unspecified atom stereocenters. The molecule has 0 aliphatic heterocycles. The van der Waals surface area contributed by atoms with E-state index in [-0.39, 0.29) is 0 Å². The van der Waals surface area contributed by atoms with Crippen molar-refractivity contribution in [2.45, 2.75) is 32.2 Å². The van der Waals surface area contributed by atoms with Gasteiger partial charge in [-0.05, 0) is 60.0 Å². The summed E-state index contributed by atoms with van der Waals surface area (Å²) >= 11 is 0. The Morgan fingerprint density at radius 1 is 1.41 bits per heavy atom. The number of aryl methyl sites for hydroxylation is 1. The largest absolute Gasteiger partial charge is 0.385 e. The fraction of sp³-hybridized carbons (Fsp3) is 0.278. The number of aromatic nitrogens is 2. The van der Waals surface area contributed by atoms with Crippen LogP contribution in [0.25, 0.3) is 12.8 Å². The average Bonchev–Trinajstić information content (AvgIpc) is 3.33. The minimum atomic E-state index is 0.696. The lowest BCUT2D eigenvalue weighted by molar-refractivity contribution is 0.859. The van der Waals surface area contributed by atoms with Crippen molar-refractivity contribution in [1.82, 2.24) is 15.3 Å². The van der Waals surface area contributed by atoms with Gasteiger partial charge in [0, 0.05) is 23.8 Å². The van der Waals surface area contributed by atoms with Gasteiger partial charge in [-0.2, -0.15) is 0 Å². The Balaban J connectivity index is 1.76. The highest BCUT2D eigenvalue weighted by molar-refractivity contribution is 7.19. The molecule has 0 radical (unpaired) electrons. The molecular weight excluding hydrogens is 289 g/mol. The van der Waals surface area contributed by atoms with Crippen molar-refractivity contribution >= 4 is 27.4 Å². The molecule has 0 saturated heterocycles. The van der Waals surface area contributed by atoms with E-state index in [1.54, 1.807) is 12.0 Å². The Morgan fingerprint density at radius 2 is 2.23 bits per heavy atom. The third kappa shape index (κ3) is 3.26. The van der Waals surface area contributed by atoms with E-state index >= 15 is 0 Å². The summed E-state index contributed by atoms with van der Waals surface area (Å²) in [5.74, 6) is 2.55. The maximum absolute atomic E-state index is 4.57. The first-order chi connectivity index (χ1) is 10.7. The third-order valence-corrected chi connectivity index (χ3v) is 4.28. The summed E-state index contributed by atoms with van der Waals surface area (Å²) in [6.45, 7) is 6.91. The normalized spacial score (nSPS) is 14.9. The zero-order valence-electron chi connectivity index (χ0n) is 12.8. The molecule has 1 saturated carbocycles. The van der Waals surface area contributed by atoms with E-state index < -0.39 is 0 Å². The molecule has 3 rings (SSSR count). The highest BCUT2D eigenvalue weighted by atomic mass is 31.0. The van der Waals surface area contributed by atoms with Crippen molar-refractivity contribution in [3.8, 4) is 0 Å². The second-order valence-corrected chi connectivity index (χ2v) is 6.03. The van der Waals surface area contributed by atoms with E-state index in [1.165, 1.54) is 24.0 Å².